The Bertz CT molecular complexity index is 403. The van der Waals surface area contributed by atoms with Gasteiger partial charge in [0.25, 0.3) is 5.91 Å². The van der Waals surface area contributed by atoms with Gasteiger partial charge in [0.05, 0.1) is 6.61 Å². The molecular weight excluding hydrogens is 228 g/mol. The van der Waals surface area contributed by atoms with Gasteiger partial charge in [-0.1, -0.05) is 25.5 Å². The van der Waals surface area contributed by atoms with Crippen LogP contribution in [-0.4, -0.2) is 30.6 Å². The standard InChI is InChI=1S/C14H20N2O2/c1-3-4-9-18-12-7-5-11(6-8-12)10-13-14(17)16(2)15-13/h5-8,13,15H,3-4,9-10H2,1-2H3/t13-/m0/s1. The van der Waals surface area contributed by atoms with Crippen LogP contribution < -0.4 is 10.2 Å². The molecule has 1 aromatic rings. The highest BCUT2D eigenvalue weighted by Crippen LogP contribution is 2.16. The number of nitrogens with zero attached hydrogens (tertiary/aromatic N) is 1. The first-order valence-corrected chi connectivity index (χ1v) is 6.46. The molecule has 0 unspecified atom stereocenters. The molecule has 1 amide bonds. The van der Waals surface area contributed by atoms with E-state index in [0.29, 0.717) is 0 Å². The van der Waals surface area contributed by atoms with Crippen molar-refractivity contribution >= 4 is 5.91 Å². The summed E-state index contributed by atoms with van der Waals surface area (Å²) in [6.45, 7) is 2.91. The number of carbonyl (C=O) groups excluding carboxylic acids is 1. The smallest absolute Gasteiger partial charge is 0.255 e. The van der Waals surface area contributed by atoms with Crippen molar-refractivity contribution in [2.75, 3.05) is 13.7 Å². The number of likely N-dealkylation sites (N-methyl/N-ethyl adjacent to an activating group) is 1. The van der Waals surface area contributed by atoms with Crippen LogP contribution in [0.3, 0.4) is 0 Å². The maximum Gasteiger partial charge on any atom is 0.255 e. The number of nitrogens with one attached hydrogen (secondary N) is 1. The molecule has 1 N–H and O–H groups in total. The molecule has 0 saturated carbocycles. The number of benzene rings is 1. The van der Waals surface area contributed by atoms with Gasteiger partial charge in [0.1, 0.15) is 11.8 Å². The number of hydrogen-bond donors (Lipinski definition) is 1. The third-order valence-corrected chi connectivity index (χ3v) is 3.11. The van der Waals surface area contributed by atoms with Crippen molar-refractivity contribution in [1.82, 2.24) is 10.4 Å². The highest BCUT2D eigenvalue weighted by atomic mass is 16.5. The average Bonchev–Trinajstić information content (AvgIpc) is 2.40. The molecule has 0 aliphatic carbocycles. The summed E-state index contributed by atoms with van der Waals surface area (Å²) >= 11 is 0. The van der Waals surface area contributed by atoms with Crippen LogP contribution >= 0.6 is 0 Å². The number of rotatable bonds is 6. The molecule has 1 aliphatic rings. The lowest BCUT2D eigenvalue weighted by atomic mass is 10.0. The van der Waals surface area contributed by atoms with Gasteiger partial charge in [0.2, 0.25) is 0 Å². The third kappa shape index (κ3) is 3.01. The summed E-state index contributed by atoms with van der Waals surface area (Å²) in [6.07, 6.45) is 2.95. The number of carbonyl (C=O) groups is 1. The quantitative estimate of drug-likeness (QED) is 0.780. The van der Waals surface area contributed by atoms with Crippen molar-refractivity contribution in [2.45, 2.75) is 32.2 Å². The Balaban J connectivity index is 1.82. The number of hydrazine groups is 1. The summed E-state index contributed by atoms with van der Waals surface area (Å²) < 4.78 is 5.59. The van der Waals surface area contributed by atoms with E-state index in [0.717, 1.165) is 37.2 Å². The second-order valence-corrected chi connectivity index (χ2v) is 4.63. The molecule has 0 aromatic heterocycles. The van der Waals surface area contributed by atoms with Crippen molar-refractivity contribution in [3.63, 3.8) is 0 Å². The molecule has 1 fully saturated rings. The summed E-state index contributed by atoms with van der Waals surface area (Å²) in [7, 11) is 1.74. The summed E-state index contributed by atoms with van der Waals surface area (Å²) in [4.78, 5) is 11.4. The van der Waals surface area contributed by atoms with E-state index in [1.165, 1.54) is 5.01 Å². The number of ether oxygens (including phenoxy) is 1. The van der Waals surface area contributed by atoms with Gasteiger partial charge in [-0.15, -0.1) is 0 Å². The Hall–Kier alpha value is -1.55. The molecular formula is C14H20N2O2. The molecule has 1 atom stereocenters. The predicted octanol–water partition coefficient (Wildman–Crippen LogP) is 1.75. The largest absolute Gasteiger partial charge is 0.494 e. The average molecular weight is 248 g/mol. The summed E-state index contributed by atoms with van der Waals surface area (Å²) in [5, 5.41) is 1.52. The van der Waals surface area contributed by atoms with Gasteiger partial charge < -0.3 is 4.74 Å². The maximum absolute atomic E-state index is 11.4. The summed E-state index contributed by atoms with van der Waals surface area (Å²) in [6, 6.07) is 7.92. The Labute approximate surface area is 108 Å². The fourth-order valence-electron chi connectivity index (χ4n) is 1.94. The van der Waals surface area contributed by atoms with Gasteiger partial charge in [0.15, 0.2) is 0 Å². The first-order valence-electron chi connectivity index (χ1n) is 6.46. The van der Waals surface area contributed by atoms with E-state index in [2.05, 4.69) is 12.3 Å². The van der Waals surface area contributed by atoms with Crippen LogP contribution in [0, 0.1) is 0 Å². The topological polar surface area (TPSA) is 41.6 Å². The van der Waals surface area contributed by atoms with Crippen molar-refractivity contribution < 1.29 is 9.53 Å². The fourth-order valence-corrected chi connectivity index (χ4v) is 1.94. The van der Waals surface area contributed by atoms with Crippen LogP contribution in [0.5, 0.6) is 5.75 Å². The van der Waals surface area contributed by atoms with Crippen molar-refractivity contribution in [1.29, 1.82) is 0 Å². The third-order valence-electron chi connectivity index (χ3n) is 3.11. The molecule has 1 aromatic carbocycles. The minimum absolute atomic E-state index is 0.0677. The fraction of sp³-hybridized carbons (Fsp3) is 0.500. The Morgan fingerprint density at radius 3 is 2.61 bits per heavy atom. The van der Waals surface area contributed by atoms with Crippen molar-refractivity contribution in [2.24, 2.45) is 0 Å². The lowest BCUT2D eigenvalue weighted by molar-refractivity contribution is -0.149. The Kier molecular flexibility index (Phi) is 4.20. The zero-order valence-corrected chi connectivity index (χ0v) is 11.0. The maximum atomic E-state index is 11.4. The normalized spacial score (nSPS) is 18.7. The zero-order valence-electron chi connectivity index (χ0n) is 11.0. The monoisotopic (exact) mass is 248 g/mol. The highest BCUT2D eigenvalue weighted by molar-refractivity contribution is 5.86. The molecule has 1 saturated heterocycles. The van der Waals surface area contributed by atoms with Gasteiger partial charge in [-0.05, 0) is 30.5 Å². The van der Waals surface area contributed by atoms with E-state index in [4.69, 9.17) is 4.74 Å². The van der Waals surface area contributed by atoms with E-state index in [1.54, 1.807) is 7.05 Å². The van der Waals surface area contributed by atoms with Crippen molar-refractivity contribution in [3.8, 4) is 5.75 Å². The second-order valence-electron chi connectivity index (χ2n) is 4.63. The van der Waals surface area contributed by atoms with Crippen molar-refractivity contribution in [3.05, 3.63) is 29.8 Å². The SMILES string of the molecule is CCCCOc1ccc(C[C@@H]2NN(C)C2=O)cc1. The lowest BCUT2D eigenvalue weighted by Crippen LogP contribution is -2.65. The van der Waals surface area contributed by atoms with Gasteiger partial charge >= 0.3 is 0 Å². The first kappa shape index (κ1) is 12.9. The Morgan fingerprint density at radius 2 is 2.06 bits per heavy atom. The van der Waals surface area contributed by atoms with Gasteiger partial charge in [-0.3, -0.25) is 9.80 Å². The zero-order chi connectivity index (χ0) is 13.0. The molecule has 0 bridgehead atoms. The van der Waals surface area contributed by atoms with E-state index in [-0.39, 0.29) is 11.9 Å². The van der Waals surface area contributed by atoms with E-state index in [1.807, 2.05) is 24.3 Å². The molecule has 1 aliphatic heterocycles. The van der Waals surface area contributed by atoms with E-state index in [9.17, 15) is 4.79 Å². The number of unbranched alkanes of at least 4 members (excludes halogenated alkanes) is 1. The minimum Gasteiger partial charge on any atom is -0.494 e. The lowest BCUT2D eigenvalue weighted by Gasteiger charge is -2.36. The van der Waals surface area contributed by atoms with Gasteiger partial charge in [-0.25, -0.2) is 5.43 Å². The van der Waals surface area contributed by atoms with Crippen LogP contribution in [0.2, 0.25) is 0 Å². The summed E-state index contributed by atoms with van der Waals surface area (Å²) in [5.41, 5.74) is 4.20. The van der Waals surface area contributed by atoms with Crippen LogP contribution in [0.4, 0.5) is 0 Å². The van der Waals surface area contributed by atoms with Crippen LogP contribution in [0.25, 0.3) is 0 Å². The van der Waals surface area contributed by atoms with Crippen LogP contribution in [0.15, 0.2) is 24.3 Å². The van der Waals surface area contributed by atoms with E-state index >= 15 is 0 Å². The van der Waals surface area contributed by atoms with Gasteiger partial charge in [0, 0.05) is 7.05 Å². The van der Waals surface area contributed by atoms with Crippen LogP contribution in [-0.2, 0) is 11.2 Å². The first-order chi connectivity index (χ1) is 8.70. The van der Waals surface area contributed by atoms with Gasteiger partial charge in [-0.2, -0.15) is 0 Å². The summed E-state index contributed by atoms with van der Waals surface area (Å²) in [5.74, 6) is 1.05. The molecule has 18 heavy (non-hydrogen) atoms. The molecule has 4 nitrogen and oxygen atoms in total. The highest BCUT2D eigenvalue weighted by Gasteiger charge is 2.32. The molecule has 98 valence electrons. The number of hydrogen-bond acceptors (Lipinski definition) is 3. The number of amides is 1. The Morgan fingerprint density at radius 1 is 1.33 bits per heavy atom. The molecule has 2 rings (SSSR count). The molecule has 0 radical (unpaired) electrons. The minimum atomic E-state index is -0.0677. The molecule has 0 spiro atoms. The predicted molar refractivity (Wildman–Crippen MR) is 70.2 cm³/mol. The van der Waals surface area contributed by atoms with Crippen LogP contribution in [0.1, 0.15) is 25.3 Å². The van der Waals surface area contributed by atoms with E-state index < -0.39 is 0 Å². The second kappa shape index (κ2) is 5.87. The molecule has 4 heteroatoms. The molecule has 1 heterocycles.